The van der Waals surface area contributed by atoms with Gasteiger partial charge in [-0.25, -0.2) is 0 Å². The molecule has 3 saturated heterocycles. The van der Waals surface area contributed by atoms with Gasteiger partial charge in [0.05, 0.1) is 6.61 Å². The standard InChI is InChI=1S/C13H21NO6/c1-11(2)16-6-7-8(18-11)9-13(17-7,10(15)14-5)20-12(3,4)19-9/h7-9H,6H2,1-5H3,(H,14,15)/t7-,8+,9-,13+/m0/s1. The van der Waals surface area contributed by atoms with Crippen LogP contribution in [0.4, 0.5) is 0 Å². The molecule has 0 saturated carbocycles. The Bertz CT molecular complexity index is 437. The molecule has 1 amide bonds. The highest BCUT2D eigenvalue weighted by Crippen LogP contribution is 2.48. The van der Waals surface area contributed by atoms with Crippen molar-refractivity contribution in [3.05, 3.63) is 0 Å². The van der Waals surface area contributed by atoms with E-state index in [4.69, 9.17) is 23.7 Å². The van der Waals surface area contributed by atoms with E-state index < -0.39 is 29.6 Å². The van der Waals surface area contributed by atoms with Crippen LogP contribution < -0.4 is 5.32 Å². The highest BCUT2D eigenvalue weighted by Gasteiger charge is 2.70. The van der Waals surface area contributed by atoms with Crippen molar-refractivity contribution in [3.8, 4) is 0 Å². The van der Waals surface area contributed by atoms with Gasteiger partial charge in [0.2, 0.25) is 0 Å². The van der Waals surface area contributed by atoms with Crippen LogP contribution in [0.5, 0.6) is 0 Å². The van der Waals surface area contributed by atoms with Crippen LogP contribution >= 0.6 is 0 Å². The molecule has 7 nitrogen and oxygen atoms in total. The fourth-order valence-electron chi connectivity index (χ4n) is 3.01. The van der Waals surface area contributed by atoms with Crippen molar-refractivity contribution in [2.24, 2.45) is 0 Å². The minimum Gasteiger partial charge on any atom is -0.354 e. The van der Waals surface area contributed by atoms with Gasteiger partial charge in [0.15, 0.2) is 17.7 Å². The monoisotopic (exact) mass is 287 g/mol. The number of fused-ring (bicyclic) bond motifs is 3. The molecule has 0 aromatic heterocycles. The fraction of sp³-hybridized carbons (Fsp3) is 0.923. The van der Waals surface area contributed by atoms with Crippen LogP contribution in [0.1, 0.15) is 27.7 Å². The van der Waals surface area contributed by atoms with Crippen molar-refractivity contribution in [2.75, 3.05) is 13.7 Å². The molecule has 3 aliphatic rings. The number of nitrogens with one attached hydrogen (secondary N) is 1. The number of hydrogen-bond donors (Lipinski definition) is 1. The zero-order valence-corrected chi connectivity index (χ0v) is 12.4. The highest BCUT2D eigenvalue weighted by atomic mass is 16.9. The lowest BCUT2D eigenvalue weighted by Crippen LogP contribution is -2.54. The zero-order valence-electron chi connectivity index (χ0n) is 12.4. The second-order valence-corrected chi connectivity index (χ2v) is 6.24. The van der Waals surface area contributed by atoms with Gasteiger partial charge in [0.1, 0.15) is 12.2 Å². The van der Waals surface area contributed by atoms with Gasteiger partial charge >= 0.3 is 0 Å². The summed E-state index contributed by atoms with van der Waals surface area (Å²) < 4.78 is 29.0. The Hall–Kier alpha value is -0.730. The van der Waals surface area contributed by atoms with Crippen molar-refractivity contribution >= 4 is 5.91 Å². The number of amides is 1. The molecule has 0 aromatic carbocycles. The topological polar surface area (TPSA) is 75.3 Å². The third-order valence-electron chi connectivity index (χ3n) is 3.73. The normalized spacial score (nSPS) is 44.8. The predicted molar refractivity (Wildman–Crippen MR) is 66.6 cm³/mol. The fourth-order valence-corrected chi connectivity index (χ4v) is 3.01. The Morgan fingerprint density at radius 3 is 2.45 bits per heavy atom. The molecular formula is C13H21NO6. The molecule has 3 heterocycles. The van der Waals surface area contributed by atoms with Gasteiger partial charge in [-0.3, -0.25) is 4.79 Å². The van der Waals surface area contributed by atoms with Crippen LogP contribution in [0, 0.1) is 0 Å². The summed E-state index contributed by atoms with van der Waals surface area (Å²) in [4.78, 5) is 12.3. The molecule has 3 fully saturated rings. The Kier molecular flexibility index (Phi) is 2.94. The third kappa shape index (κ3) is 1.96. The lowest BCUT2D eigenvalue weighted by molar-refractivity contribution is -0.324. The van der Waals surface area contributed by atoms with Crippen molar-refractivity contribution in [1.29, 1.82) is 0 Å². The van der Waals surface area contributed by atoms with E-state index in [2.05, 4.69) is 5.32 Å². The van der Waals surface area contributed by atoms with Gasteiger partial charge in [0.25, 0.3) is 11.7 Å². The summed E-state index contributed by atoms with van der Waals surface area (Å²) in [5.74, 6) is -3.49. The first kappa shape index (κ1) is 14.2. The molecular weight excluding hydrogens is 266 g/mol. The molecule has 0 aromatic rings. The van der Waals surface area contributed by atoms with E-state index in [1.54, 1.807) is 13.8 Å². The summed E-state index contributed by atoms with van der Waals surface area (Å²) in [6, 6.07) is 0. The van der Waals surface area contributed by atoms with Crippen LogP contribution in [-0.4, -0.2) is 55.2 Å². The van der Waals surface area contributed by atoms with Crippen LogP contribution in [0.2, 0.25) is 0 Å². The molecule has 0 radical (unpaired) electrons. The highest BCUT2D eigenvalue weighted by molar-refractivity contribution is 5.85. The SMILES string of the molecule is CNC(=O)[C@@]12O[C@H]3COC(C)(C)O[C@H]3[C@@H]1OC(C)(C)O2. The van der Waals surface area contributed by atoms with Gasteiger partial charge < -0.3 is 29.0 Å². The number of likely N-dealkylation sites (N-methyl/N-ethyl adjacent to an activating group) is 1. The number of hydrogen-bond acceptors (Lipinski definition) is 6. The van der Waals surface area contributed by atoms with Crippen molar-refractivity contribution in [3.63, 3.8) is 0 Å². The van der Waals surface area contributed by atoms with E-state index in [1.807, 2.05) is 13.8 Å². The quantitative estimate of drug-likeness (QED) is 0.739. The molecule has 1 N–H and O–H groups in total. The molecule has 7 heteroatoms. The number of carbonyl (C=O) groups is 1. The van der Waals surface area contributed by atoms with E-state index in [1.165, 1.54) is 7.05 Å². The molecule has 4 atom stereocenters. The lowest BCUT2D eigenvalue weighted by atomic mass is 10.0. The Labute approximate surface area is 117 Å². The summed E-state index contributed by atoms with van der Waals surface area (Å²) in [6.45, 7) is 7.48. The molecule has 3 rings (SSSR count). The molecule has 0 unspecified atom stereocenters. The molecule has 114 valence electrons. The number of ether oxygens (including phenoxy) is 5. The van der Waals surface area contributed by atoms with E-state index in [0.29, 0.717) is 6.61 Å². The van der Waals surface area contributed by atoms with Crippen LogP contribution in [0.3, 0.4) is 0 Å². The zero-order chi connectivity index (χ0) is 14.8. The van der Waals surface area contributed by atoms with Crippen LogP contribution in [-0.2, 0) is 28.5 Å². The van der Waals surface area contributed by atoms with Crippen LogP contribution in [0.25, 0.3) is 0 Å². The van der Waals surface area contributed by atoms with Gasteiger partial charge in [-0.2, -0.15) is 0 Å². The largest absolute Gasteiger partial charge is 0.354 e. The van der Waals surface area contributed by atoms with E-state index in [0.717, 1.165) is 0 Å². The first-order chi connectivity index (χ1) is 9.19. The lowest BCUT2D eigenvalue weighted by Gasteiger charge is -2.38. The number of carbonyl (C=O) groups excluding carboxylic acids is 1. The third-order valence-corrected chi connectivity index (χ3v) is 3.73. The van der Waals surface area contributed by atoms with E-state index in [-0.39, 0.29) is 12.0 Å². The molecule has 3 aliphatic heterocycles. The second-order valence-electron chi connectivity index (χ2n) is 6.24. The average molecular weight is 287 g/mol. The Morgan fingerprint density at radius 2 is 1.80 bits per heavy atom. The Morgan fingerprint density at radius 1 is 1.10 bits per heavy atom. The number of rotatable bonds is 1. The summed E-state index contributed by atoms with van der Waals surface area (Å²) >= 11 is 0. The molecule has 0 aliphatic carbocycles. The van der Waals surface area contributed by atoms with Crippen molar-refractivity contribution in [2.45, 2.75) is 63.4 Å². The minimum absolute atomic E-state index is 0.333. The van der Waals surface area contributed by atoms with Gasteiger partial charge in [0, 0.05) is 7.05 Å². The maximum absolute atomic E-state index is 12.3. The van der Waals surface area contributed by atoms with Crippen LogP contribution in [0.15, 0.2) is 0 Å². The maximum Gasteiger partial charge on any atom is 0.283 e. The van der Waals surface area contributed by atoms with E-state index in [9.17, 15) is 4.79 Å². The van der Waals surface area contributed by atoms with E-state index >= 15 is 0 Å². The maximum atomic E-state index is 12.3. The second kappa shape index (κ2) is 4.14. The first-order valence-corrected chi connectivity index (χ1v) is 6.79. The summed E-state index contributed by atoms with van der Waals surface area (Å²) in [7, 11) is 1.54. The molecule has 0 spiro atoms. The minimum atomic E-state index is -1.47. The summed E-state index contributed by atoms with van der Waals surface area (Å²) in [6.07, 6.45) is -1.41. The molecule has 0 bridgehead atoms. The van der Waals surface area contributed by atoms with Gasteiger partial charge in [-0.15, -0.1) is 0 Å². The van der Waals surface area contributed by atoms with Gasteiger partial charge in [-0.05, 0) is 27.7 Å². The first-order valence-electron chi connectivity index (χ1n) is 6.79. The van der Waals surface area contributed by atoms with Crippen molar-refractivity contribution < 1.29 is 28.5 Å². The predicted octanol–water partition coefficient (Wildman–Crippen LogP) is 0.131. The molecule has 20 heavy (non-hydrogen) atoms. The van der Waals surface area contributed by atoms with Crippen molar-refractivity contribution in [1.82, 2.24) is 5.32 Å². The smallest absolute Gasteiger partial charge is 0.283 e. The summed E-state index contributed by atoms with van der Waals surface area (Å²) in [5, 5.41) is 2.57. The average Bonchev–Trinajstić information content (AvgIpc) is 2.76. The summed E-state index contributed by atoms with van der Waals surface area (Å²) in [5.41, 5.74) is 0. The Balaban J connectivity index is 1.95. The van der Waals surface area contributed by atoms with Gasteiger partial charge in [-0.1, -0.05) is 0 Å².